The zero-order valence-corrected chi connectivity index (χ0v) is 20.1. The minimum Gasteiger partial charge on any atom is -0.432 e. The highest BCUT2D eigenvalue weighted by Gasteiger charge is 2.47. The third kappa shape index (κ3) is 4.03. The minimum atomic E-state index is -1.41. The molecular formula is C21H20BrN7O6. The van der Waals surface area contributed by atoms with Gasteiger partial charge >= 0.3 is 0 Å². The van der Waals surface area contributed by atoms with Gasteiger partial charge in [0.05, 0.1) is 10.8 Å². The number of carbonyl (C=O) groups excluding carboxylic acids is 2. The largest absolute Gasteiger partial charge is 0.432 e. The second-order valence-electron chi connectivity index (χ2n) is 7.94. The van der Waals surface area contributed by atoms with Crippen LogP contribution in [0.2, 0.25) is 0 Å². The minimum absolute atomic E-state index is 0.0361. The highest BCUT2D eigenvalue weighted by Crippen LogP contribution is 2.33. The van der Waals surface area contributed by atoms with Crippen LogP contribution in [0.1, 0.15) is 29.4 Å². The summed E-state index contributed by atoms with van der Waals surface area (Å²) < 4.78 is 13.2. The van der Waals surface area contributed by atoms with Gasteiger partial charge in [0.2, 0.25) is 5.78 Å². The van der Waals surface area contributed by atoms with E-state index in [0.29, 0.717) is 39.1 Å². The number of benzene rings is 1. The van der Waals surface area contributed by atoms with Crippen LogP contribution in [0.3, 0.4) is 0 Å². The quantitative estimate of drug-likeness (QED) is 0.253. The second-order valence-corrected chi connectivity index (χ2v) is 8.80. The molecule has 1 amide bonds. The fourth-order valence-corrected chi connectivity index (χ4v) is 4.48. The predicted molar refractivity (Wildman–Crippen MR) is 124 cm³/mol. The van der Waals surface area contributed by atoms with E-state index in [2.05, 4.69) is 46.5 Å². The molecule has 1 aliphatic rings. The smallest absolute Gasteiger partial charge is 0.263 e. The van der Waals surface area contributed by atoms with E-state index in [1.165, 1.54) is 31.2 Å². The fraction of sp³-hybridized carbons (Fsp3) is 0.333. The van der Waals surface area contributed by atoms with Gasteiger partial charge in [-0.25, -0.2) is 19.9 Å². The van der Waals surface area contributed by atoms with Crippen molar-refractivity contribution in [2.24, 2.45) is 0 Å². The van der Waals surface area contributed by atoms with Crippen LogP contribution in [-0.2, 0) is 16.1 Å². The molecule has 35 heavy (non-hydrogen) atoms. The summed E-state index contributed by atoms with van der Waals surface area (Å²) in [5, 5.41) is 26.3. The van der Waals surface area contributed by atoms with Crippen molar-refractivity contribution in [3.8, 4) is 0 Å². The van der Waals surface area contributed by atoms with Crippen molar-refractivity contribution in [3.05, 3.63) is 40.7 Å². The van der Waals surface area contributed by atoms with E-state index in [-0.39, 0.29) is 11.7 Å². The van der Waals surface area contributed by atoms with Crippen molar-refractivity contribution in [1.82, 2.24) is 29.8 Å². The van der Waals surface area contributed by atoms with Gasteiger partial charge in [-0.1, -0.05) is 0 Å². The van der Waals surface area contributed by atoms with Gasteiger partial charge in [-0.15, -0.1) is 0 Å². The van der Waals surface area contributed by atoms with E-state index in [1.54, 1.807) is 6.07 Å². The van der Waals surface area contributed by atoms with Crippen LogP contribution in [-0.4, -0.2) is 71.8 Å². The first-order chi connectivity index (χ1) is 16.8. The molecule has 0 spiro atoms. The number of imidazole rings is 1. The molecule has 4 heterocycles. The van der Waals surface area contributed by atoms with Crippen LogP contribution in [0.5, 0.6) is 0 Å². The molecule has 4 N–H and O–H groups in total. The Labute approximate surface area is 205 Å². The van der Waals surface area contributed by atoms with E-state index in [1.807, 2.05) is 6.07 Å². The molecule has 14 heteroatoms. The Balaban J connectivity index is 1.40. The number of nitrogens with zero attached hydrogens (tertiary/aromatic N) is 5. The standard InChI is InChI=1S/C21H20BrN7O6/c1-8(30)20-28-11-4-9(3-10(22)15(11)34-20)5-24-17-12-18(26-6-25-17)29(7-27-12)21-14(32)13(31)16(35-21)19(33)23-2/h3-4,6-7,13-14,16,21,31-32H,5H2,1-2H3,(H,23,33)(H,24,25,26)/t13-,14+,16-,21+/m0/s1. The van der Waals surface area contributed by atoms with E-state index < -0.39 is 30.4 Å². The number of aliphatic hydroxyl groups is 2. The second kappa shape index (κ2) is 8.96. The number of hydrogen-bond donors (Lipinski definition) is 4. The lowest BCUT2D eigenvalue weighted by Gasteiger charge is -2.16. The number of aliphatic hydroxyl groups excluding tert-OH is 2. The number of carbonyl (C=O) groups is 2. The number of aromatic nitrogens is 5. The maximum atomic E-state index is 12.0. The van der Waals surface area contributed by atoms with Crippen molar-refractivity contribution < 1.29 is 29.0 Å². The number of oxazole rings is 1. The Hall–Kier alpha value is -3.46. The van der Waals surface area contributed by atoms with E-state index in [9.17, 15) is 19.8 Å². The molecule has 0 aliphatic carbocycles. The number of ether oxygens (including phenoxy) is 1. The lowest BCUT2D eigenvalue weighted by atomic mass is 10.1. The number of anilines is 1. The lowest BCUT2D eigenvalue weighted by Crippen LogP contribution is -2.41. The summed E-state index contributed by atoms with van der Waals surface area (Å²) in [6.07, 6.45) is -2.35. The molecule has 4 aromatic rings. The normalized spacial score (nSPS) is 22.1. The average molecular weight is 546 g/mol. The molecule has 3 aromatic heterocycles. The van der Waals surface area contributed by atoms with Gasteiger partial charge in [0.15, 0.2) is 34.9 Å². The molecule has 4 atom stereocenters. The number of likely N-dealkylation sites (N-methyl/N-ethyl adjacent to an activating group) is 1. The summed E-state index contributed by atoms with van der Waals surface area (Å²) in [6.45, 7) is 1.73. The maximum absolute atomic E-state index is 12.0. The Morgan fingerprint density at radius 2 is 2.00 bits per heavy atom. The summed E-state index contributed by atoms with van der Waals surface area (Å²) >= 11 is 3.45. The van der Waals surface area contributed by atoms with Gasteiger partial charge in [-0.2, -0.15) is 0 Å². The number of Topliss-reactive ketones (excluding diaryl/α,β-unsaturated/α-hetero) is 1. The Morgan fingerprint density at radius 3 is 2.74 bits per heavy atom. The maximum Gasteiger partial charge on any atom is 0.263 e. The molecule has 1 aliphatic heterocycles. The third-order valence-corrected chi connectivity index (χ3v) is 6.23. The molecule has 0 bridgehead atoms. The Morgan fingerprint density at radius 1 is 1.20 bits per heavy atom. The SMILES string of the molecule is CNC(=O)[C@H]1O[C@@H](n2cnc3c(NCc4cc(Br)c5oc(C(C)=O)nc5c4)ncnc32)[C@H](O)[C@@H]1O. The zero-order chi connectivity index (χ0) is 24.9. The molecule has 1 aromatic carbocycles. The van der Waals surface area contributed by atoms with E-state index in [4.69, 9.17) is 9.15 Å². The molecule has 5 rings (SSSR count). The number of amides is 1. The molecule has 1 saturated heterocycles. The van der Waals surface area contributed by atoms with Crippen molar-refractivity contribution in [3.63, 3.8) is 0 Å². The molecule has 13 nitrogen and oxygen atoms in total. The fourth-order valence-electron chi connectivity index (χ4n) is 3.90. The highest BCUT2D eigenvalue weighted by atomic mass is 79.9. The van der Waals surface area contributed by atoms with Gasteiger partial charge in [0, 0.05) is 20.5 Å². The first-order valence-electron chi connectivity index (χ1n) is 10.5. The highest BCUT2D eigenvalue weighted by molar-refractivity contribution is 9.10. The molecular weight excluding hydrogens is 526 g/mol. The number of halogens is 1. The molecule has 0 unspecified atom stereocenters. The van der Waals surface area contributed by atoms with Crippen molar-refractivity contribution in [2.45, 2.75) is 38.0 Å². The summed E-state index contributed by atoms with van der Waals surface area (Å²) in [5.41, 5.74) is 2.60. The summed E-state index contributed by atoms with van der Waals surface area (Å²) in [4.78, 5) is 40.6. The number of rotatable bonds is 6. The van der Waals surface area contributed by atoms with E-state index >= 15 is 0 Å². The van der Waals surface area contributed by atoms with Crippen LogP contribution in [0.15, 0.2) is 33.7 Å². The topological polar surface area (TPSA) is 178 Å². The number of ketones is 1. The summed E-state index contributed by atoms with van der Waals surface area (Å²) in [6, 6.07) is 3.63. The average Bonchev–Trinajstić information content (AvgIpc) is 3.54. The van der Waals surface area contributed by atoms with Gasteiger partial charge in [-0.3, -0.25) is 14.2 Å². The van der Waals surface area contributed by atoms with Crippen LogP contribution in [0.25, 0.3) is 22.3 Å². The molecule has 182 valence electrons. The number of nitrogens with one attached hydrogen (secondary N) is 2. The molecule has 1 fully saturated rings. The Kier molecular flexibility index (Phi) is 5.96. The van der Waals surface area contributed by atoms with Crippen molar-refractivity contribution >= 4 is 55.7 Å². The summed E-state index contributed by atoms with van der Waals surface area (Å²) in [7, 11) is 1.41. The number of fused-ring (bicyclic) bond motifs is 2. The zero-order valence-electron chi connectivity index (χ0n) is 18.5. The number of hydrogen-bond acceptors (Lipinski definition) is 11. The molecule has 0 saturated carbocycles. The summed E-state index contributed by atoms with van der Waals surface area (Å²) in [5.74, 6) is -0.359. The first-order valence-corrected chi connectivity index (χ1v) is 11.3. The van der Waals surface area contributed by atoms with Gasteiger partial charge in [0.25, 0.3) is 11.8 Å². The molecule has 0 radical (unpaired) electrons. The van der Waals surface area contributed by atoms with Crippen LogP contribution < -0.4 is 10.6 Å². The van der Waals surface area contributed by atoms with Crippen LogP contribution in [0, 0.1) is 0 Å². The Bertz CT molecular complexity index is 1450. The van der Waals surface area contributed by atoms with Crippen molar-refractivity contribution in [1.29, 1.82) is 0 Å². The van der Waals surface area contributed by atoms with Crippen LogP contribution in [0.4, 0.5) is 5.82 Å². The lowest BCUT2D eigenvalue weighted by molar-refractivity contribution is -0.137. The van der Waals surface area contributed by atoms with Gasteiger partial charge < -0.3 is 30.0 Å². The third-order valence-electron chi connectivity index (χ3n) is 5.64. The van der Waals surface area contributed by atoms with Gasteiger partial charge in [-0.05, 0) is 33.6 Å². The van der Waals surface area contributed by atoms with Gasteiger partial charge in [0.1, 0.15) is 24.1 Å². The predicted octanol–water partition coefficient (Wildman–Crippen LogP) is 0.910. The monoisotopic (exact) mass is 545 g/mol. The van der Waals surface area contributed by atoms with E-state index in [0.717, 1.165) is 5.56 Å². The van der Waals surface area contributed by atoms with Crippen molar-refractivity contribution in [2.75, 3.05) is 12.4 Å². The first kappa shape index (κ1) is 23.3. The van der Waals surface area contributed by atoms with Crippen LogP contribution >= 0.6 is 15.9 Å².